The minimum absolute atomic E-state index is 0.0470. The number of benzene rings is 3. The molecule has 0 bridgehead atoms. The third-order valence-corrected chi connectivity index (χ3v) is 6.07. The van der Waals surface area contributed by atoms with E-state index in [0.29, 0.717) is 13.1 Å². The van der Waals surface area contributed by atoms with E-state index >= 15 is 0 Å². The van der Waals surface area contributed by atoms with Crippen LogP contribution >= 0.6 is 0 Å². The van der Waals surface area contributed by atoms with Crippen molar-refractivity contribution in [3.8, 4) is 11.5 Å². The number of rotatable bonds is 8. The van der Waals surface area contributed by atoms with E-state index in [1.54, 1.807) is 14.2 Å². The van der Waals surface area contributed by atoms with Gasteiger partial charge in [-0.05, 0) is 40.8 Å². The summed E-state index contributed by atoms with van der Waals surface area (Å²) in [5.74, 6) is 1.65. The van der Waals surface area contributed by atoms with Gasteiger partial charge < -0.3 is 14.8 Å². The minimum Gasteiger partial charge on any atom is -0.493 e. The number of amides is 1. The fraction of sp³-hybridized carbons (Fsp3) is 0.296. The van der Waals surface area contributed by atoms with E-state index in [9.17, 15) is 4.79 Å². The molecule has 32 heavy (non-hydrogen) atoms. The number of nitrogens with zero attached hydrogens (tertiary/aromatic N) is 1. The zero-order chi connectivity index (χ0) is 22.3. The third-order valence-electron chi connectivity index (χ3n) is 6.07. The van der Waals surface area contributed by atoms with E-state index in [4.69, 9.17) is 9.47 Å². The number of carbonyl (C=O) groups excluding carboxylic acids is 1. The highest BCUT2D eigenvalue weighted by Crippen LogP contribution is 2.33. The molecule has 166 valence electrons. The number of carbonyl (C=O) groups is 1. The summed E-state index contributed by atoms with van der Waals surface area (Å²) in [5.41, 5.74) is 4.85. The summed E-state index contributed by atoms with van der Waals surface area (Å²) < 4.78 is 10.9. The Balaban J connectivity index is 1.39. The van der Waals surface area contributed by atoms with Crippen LogP contribution < -0.4 is 14.8 Å². The van der Waals surface area contributed by atoms with Gasteiger partial charge in [-0.1, -0.05) is 60.7 Å². The molecule has 1 aliphatic rings. The number of hydrogen-bond donors (Lipinski definition) is 1. The number of methoxy groups -OCH3 is 2. The topological polar surface area (TPSA) is 50.8 Å². The Hall–Kier alpha value is -3.31. The van der Waals surface area contributed by atoms with E-state index in [2.05, 4.69) is 40.5 Å². The first-order valence-electron chi connectivity index (χ1n) is 11.0. The molecule has 0 aromatic heterocycles. The zero-order valence-corrected chi connectivity index (χ0v) is 18.7. The highest BCUT2D eigenvalue weighted by molar-refractivity contribution is 5.78. The number of ether oxygens (including phenoxy) is 2. The fourth-order valence-corrected chi connectivity index (χ4v) is 4.35. The summed E-state index contributed by atoms with van der Waals surface area (Å²) >= 11 is 0. The van der Waals surface area contributed by atoms with Gasteiger partial charge in [0.2, 0.25) is 5.91 Å². The van der Waals surface area contributed by atoms with Crippen molar-refractivity contribution in [1.29, 1.82) is 0 Å². The van der Waals surface area contributed by atoms with Crippen LogP contribution in [0.5, 0.6) is 11.5 Å². The summed E-state index contributed by atoms with van der Waals surface area (Å²) in [5, 5.41) is 3.17. The van der Waals surface area contributed by atoms with Crippen LogP contribution in [0.1, 0.15) is 28.2 Å². The van der Waals surface area contributed by atoms with Crippen molar-refractivity contribution in [3.63, 3.8) is 0 Å². The predicted molar refractivity (Wildman–Crippen MR) is 126 cm³/mol. The van der Waals surface area contributed by atoms with Gasteiger partial charge in [-0.25, -0.2) is 0 Å². The summed E-state index contributed by atoms with van der Waals surface area (Å²) in [6.07, 6.45) is 0.889. The van der Waals surface area contributed by atoms with Crippen LogP contribution in [0.2, 0.25) is 0 Å². The van der Waals surface area contributed by atoms with Crippen LogP contribution in [0.15, 0.2) is 72.8 Å². The smallest absolute Gasteiger partial charge is 0.234 e. The van der Waals surface area contributed by atoms with Gasteiger partial charge in [-0.15, -0.1) is 0 Å². The quantitative estimate of drug-likeness (QED) is 0.587. The summed E-state index contributed by atoms with van der Waals surface area (Å²) in [7, 11) is 3.30. The lowest BCUT2D eigenvalue weighted by atomic mass is 9.91. The Kier molecular flexibility index (Phi) is 7.07. The molecule has 0 spiro atoms. The summed E-state index contributed by atoms with van der Waals surface area (Å²) in [4.78, 5) is 15.0. The van der Waals surface area contributed by atoms with Crippen LogP contribution in [0.3, 0.4) is 0 Å². The van der Waals surface area contributed by atoms with Gasteiger partial charge in [0.05, 0.1) is 20.8 Å². The molecule has 0 atom stereocenters. The molecule has 0 unspecified atom stereocenters. The second kappa shape index (κ2) is 10.3. The number of nitrogens with one attached hydrogen (secondary N) is 1. The molecule has 5 heteroatoms. The molecule has 0 saturated heterocycles. The van der Waals surface area contributed by atoms with Crippen molar-refractivity contribution in [1.82, 2.24) is 10.2 Å². The minimum atomic E-state index is 0.0470. The van der Waals surface area contributed by atoms with E-state index < -0.39 is 0 Å². The second-order valence-electron chi connectivity index (χ2n) is 8.11. The number of hydrogen-bond acceptors (Lipinski definition) is 4. The van der Waals surface area contributed by atoms with Crippen molar-refractivity contribution in [2.75, 3.05) is 33.9 Å². The van der Waals surface area contributed by atoms with Crippen molar-refractivity contribution >= 4 is 5.91 Å². The normalized spacial score (nSPS) is 13.5. The molecule has 0 saturated carbocycles. The van der Waals surface area contributed by atoms with Crippen molar-refractivity contribution in [3.05, 3.63) is 95.1 Å². The van der Waals surface area contributed by atoms with Crippen LogP contribution in [0, 0.1) is 0 Å². The Morgan fingerprint density at radius 1 is 0.906 bits per heavy atom. The van der Waals surface area contributed by atoms with Gasteiger partial charge in [0.15, 0.2) is 11.5 Å². The van der Waals surface area contributed by atoms with E-state index in [1.165, 1.54) is 22.3 Å². The SMILES string of the molecule is COc1cc2c(cc1OC)CN(CC(=O)NCC(c1ccccc1)c1ccccc1)CC2. The maximum atomic E-state index is 12.8. The Bertz CT molecular complexity index is 998. The molecule has 0 fully saturated rings. The maximum absolute atomic E-state index is 12.8. The molecule has 1 heterocycles. The average Bonchev–Trinajstić information content (AvgIpc) is 2.84. The molecule has 3 aromatic carbocycles. The monoisotopic (exact) mass is 430 g/mol. The maximum Gasteiger partial charge on any atom is 0.234 e. The van der Waals surface area contributed by atoms with Gasteiger partial charge in [-0.3, -0.25) is 9.69 Å². The molecule has 1 amide bonds. The first-order chi connectivity index (χ1) is 15.7. The van der Waals surface area contributed by atoms with Crippen LogP contribution in [0.25, 0.3) is 0 Å². The lowest BCUT2D eigenvalue weighted by Gasteiger charge is -2.29. The van der Waals surface area contributed by atoms with Crippen LogP contribution in [-0.2, 0) is 17.8 Å². The van der Waals surface area contributed by atoms with Gasteiger partial charge in [0, 0.05) is 25.6 Å². The molecular formula is C27H30N2O3. The second-order valence-corrected chi connectivity index (χ2v) is 8.11. The first kappa shape index (κ1) is 21.9. The van der Waals surface area contributed by atoms with Gasteiger partial charge in [-0.2, -0.15) is 0 Å². The largest absolute Gasteiger partial charge is 0.493 e. The van der Waals surface area contributed by atoms with E-state index in [1.807, 2.05) is 42.5 Å². The Labute approximate surface area is 190 Å². The molecule has 3 aromatic rings. The molecule has 1 N–H and O–H groups in total. The summed E-state index contributed by atoms with van der Waals surface area (Å²) in [6.45, 7) is 2.52. The molecule has 0 radical (unpaired) electrons. The molecule has 1 aliphatic heterocycles. The average molecular weight is 431 g/mol. The third kappa shape index (κ3) is 5.11. The van der Waals surface area contributed by atoms with E-state index in [0.717, 1.165) is 31.0 Å². The van der Waals surface area contributed by atoms with Gasteiger partial charge >= 0.3 is 0 Å². The van der Waals surface area contributed by atoms with E-state index in [-0.39, 0.29) is 11.8 Å². The molecule has 4 rings (SSSR count). The lowest BCUT2D eigenvalue weighted by Crippen LogP contribution is -2.41. The highest BCUT2D eigenvalue weighted by Gasteiger charge is 2.22. The first-order valence-corrected chi connectivity index (χ1v) is 11.0. The summed E-state index contributed by atoms with van der Waals surface area (Å²) in [6, 6.07) is 24.8. The predicted octanol–water partition coefficient (Wildman–Crippen LogP) is 4.01. The zero-order valence-electron chi connectivity index (χ0n) is 18.7. The van der Waals surface area contributed by atoms with Crippen LogP contribution in [0.4, 0.5) is 0 Å². The van der Waals surface area contributed by atoms with Crippen molar-refractivity contribution < 1.29 is 14.3 Å². The van der Waals surface area contributed by atoms with Gasteiger partial charge in [0.1, 0.15) is 0 Å². The van der Waals surface area contributed by atoms with Gasteiger partial charge in [0.25, 0.3) is 0 Å². The Morgan fingerprint density at radius 3 is 2.03 bits per heavy atom. The molecule has 5 nitrogen and oxygen atoms in total. The molecule has 0 aliphatic carbocycles. The lowest BCUT2D eigenvalue weighted by molar-refractivity contribution is -0.122. The fourth-order valence-electron chi connectivity index (χ4n) is 4.35. The van der Waals surface area contributed by atoms with Crippen LogP contribution in [-0.4, -0.2) is 44.7 Å². The highest BCUT2D eigenvalue weighted by atomic mass is 16.5. The molecular weight excluding hydrogens is 400 g/mol. The van der Waals surface area contributed by atoms with Crippen molar-refractivity contribution in [2.45, 2.75) is 18.9 Å². The number of fused-ring (bicyclic) bond motifs is 1. The van der Waals surface area contributed by atoms with Crippen molar-refractivity contribution in [2.24, 2.45) is 0 Å². The Morgan fingerprint density at radius 2 is 1.47 bits per heavy atom. The standard InChI is InChI=1S/C27H30N2O3/c1-31-25-15-22-13-14-29(18-23(22)16-26(25)32-2)19-27(30)28-17-24(20-9-5-3-6-10-20)21-11-7-4-8-12-21/h3-12,15-16,24H,13-14,17-19H2,1-2H3,(H,28,30).